The SMILES string of the molecule is COc1cc(NC(=O)CCc2nc3ccccc3[nH]c2=O)c([N+](=O)[O-])cc1OC. The van der Waals surface area contributed by atoms with Gasteiger partial charge in [0.25, 0.3) is 11.2 Å². The fraction of sp³-hybridized carbons (Fsp3) is 0.211. The number of amides is 1. The zero-order valence-electron chi connectivity index (χ0n) is 15.7. The number of aromatic amines is 1. The van der Waals surface area contributed by atoms with Gasteiger partial charge in [0.05, 0.1) is 36.2 Å². The van der Waals surface area contributed by atoms with Crippen LogP contribution in [0.3, 0.4) is 0 Å². The summed E-state index contributed by atoms with van der Waals surface area (Å²) in [7, 11) is 2.74. The third kappa shape index (κ3) is 4.32. The van der Waals surface area contributed by atoms with Gasteiger partial charge in [-0.25, -0.2) is 4.98 Å². The Morgan fingerprint density at radius 2 is 1.90 bits per heavy atom. The van der Waals surface area contributed by atoms with Crippen LogP contribution in [0.25, 0.3) is 11.0 Å². The van der Waals surface area contributed by atoms with Gasteiger partial charge < -0.3 is 19.8 Å². The van der Waals surface area contributed by atoms with Crippen molar-refractivity contribution in [3.8, 4) is 11.5 Å². The molecule has 10 heteroatoms. The summed E-state index contributed by atoms with van der Waals surface area (Å²) >= 11 is 0. The number of benzene rings is 2. The van der Waals surface area contributed by atoms with Crippen molar-refractivity contribution in [3.63, 3.8) is 0 Å². The summed E-state index contributed by atoms with van der Waals surface area (Å²) < 4.78 is 10.2. The summed E-state index contributed by atoms with van der Waals surface area (Å²) in [5.74, 6) is -0.0974. The maximum Gasteiger partial charge on any atom is 0.296 e. The molecule has 1 heterocycles. The lowest BCUT2D eigenvalue weighted by Gasteiger charge is -2.11. The minimum absolute atomic E-state index is 0.0296. The van der Waals surface area contributed by atoms with Crippen molar-refractivity contribution in [2.75, 3.05) is 19.5 Å². The van der Waals surface area contributed by atoms with Gasteiger partial charge in [0.2, 0.25) is 5.91 Å². The van der Waals surface area contributed by atoms with Crippen LogP contribution in [0.15, 0.2) is 41.2 Å². The molecule has 0 aliphatic carbocycles. The zero-order chi connectivity index (χ0) is 21.0. The highest BCUT2D eigenvalue weighted by molar-refractivity contribution is 5.94. The van der Waals surface area contributed by atoms with Crippen LogP contribution >= 0.6 is 0 Å². The molecule has 0 saturated carbocycles. The molecule has 0 aliphatic rings. The lowest BCUT2D eigenvalue weighted by molar-refractivity contribution is -0.384. The number of hydrogen-bond acceptors (Lipinski definition) is 7. The third-order valence-electron chi connectivity index (χ3n) is 4.23. The molecule has 10 nitrogen and oxygen atoms in total. The first-order chi connectivity index (χ1) is 13.9. The number of nitro benzene ring substituents is 1. The van der Waals surface area contributed by atoms with Gasteiger partial charge in [0, 0.05) is 18.9 Å². The van der Waals surface area contributed by atoms with E-state index in [9.17, 15) is 19.7 Å². The number of carbonyl (C=O) groups is 1. The Balaban J connectivity index is 1.78. The summed E-state index contributed by atoms with van der Waals surface area (Å²) in [5, 5.41) is 13.8. The predicted octanol–water partition coefficient (Wildman–Crippen LogP) is 2.42. The lowest BCUT2D eigenvalue weighted by Crippen LogP contribution is -2.19. The Hall–Kier alpha value is -3.95. The summed E-state index contributed by atoms with van der Waals surface area (Å²) in [6.07, 6.45) is -0.00694. The second-order valence-corrected chi connectivity index (χ2v) is 6.06. The number of nitro groups is 1. The maximum absolute atomic E-state index is 12.3. The van der Waals surface area contributed by atoms with E-state index in [0.29, 0.717) is 11.0 Å². The molecule has 0 bridgehead atoms. The number of ether oxygens (including phenoxy) is 2. The van der Waals surface area contributed by atoms with Crippen LogP contribution in [0.2, 0.25) is 0 Å². The van der Waals surface area contributed by atoms with E-state index >= 15 is 0 Å². The van der Waals surface area contributed by atoms with Crippen molar-refractivity contribution in [1.29, 1.82) is 0 Å². The number of anilines is 1. The third-order valence-corrected chi connectivity index (χ3v) is 4.23. The summed E-state index contributed by atoms with van der Waals surface area (Å²) in [6.45, 7) is 0. The van der Waals surface area contributed by atoms with Crippen LogP contribution in [-0.2, 0) is 11.2 Å². The number of nitrogens with one attached hydrogen (secondary N) is 2. The van der Waals surface area contributed by atoms with Gasteiger partial charge in [0.15, 0.2) is 11.5 Å². The average Bonchev–Trinajstić information content (AvgIpc) is 2.71. The Morgan fingerprint density at radius 3 is 2.59 bits per heavy atom. The van der Waals surface area contributed by atoms with Gasteiger partial charge in [-0.2, -0.15) is 0 Å². The summed E-state index contributed by atoms with van der Waals surface area (Å²) in [4.78, 5) is 42.2. The first-order valence-electron chi connectivity index (χ1n) is 8.61. The predicted molar refractivity (Wildman–Crippen MR) is 106 cm³/mol. The molecule has 0 spiro atoms. The van der Waals surface area contributed by atoms with Crippen LogP contribution in [0.5, 0.6) is 11.5 Å². The highest BCUT2D eigenvalue weighted by Crippen LogP contribution is 2.37. The number of carbonyl (C=O) groups excluding carboxylic acids is 1. The fourth-order valence-electron chi connectivity index (χ4n) is 2.80. The number of aryl methyl sites for hydroxylation is 1. The van der Waals surface area contributed by atoms with E-state index in [1.165, 1.54) is 26.4 Å². The van der Waals surface area contributed by atoms with Gasteiger partial charge in [-0.1, -0.05) is 12.1 Å². The Labute approximate surface area is 164 Å². The number of aromatic nitrogens is 2. The zero-order valence-corrected chi connectivity index (χ0v) is 15.7. The van der Waals surface area contributed by atoms with Crippen LogP contribution in [0.1, 0.15) is 12.1 Å². The molecule has 3 rings (SSSR count). The van der Waals surface area contributed by atoms with Gasteiger partial charge in [-0.15, -0.1) is 0 Å². The number of methoxy groups -OCH3 is 2. The molecule has 3 aromatic rings. The number of hydrogen-bond donors (Lipinski definition) is 2. The van der Waals surface area contributed by atoms with Gasteiger partial charge >= 0.3 is 0 Å². The van der Waals surface area contributed by atoms with Crippen molar-refractivity contribution >= 4 is 28.3 Å². The summed E-state index contributed by atoms with van der Waals surface area (Å²) in [6, 6.07) is 9.54. The van der Waals surface area contributed by atoms with Gasteiger partial charge in [-0.05, 0) is 12.1 Å². The van der Waals surface area contributed by atoms with Crippen molar-refractivity contribution in [2.45, 2.75) is 12.8 Å². The standard InChI is InChI=1S/C19H18N4O6/c1-28-16-9-14(15(23(26)27)10-17(16)29-2)21-18(24)8-7-13-19(25)22-12-6-4-3-5-11(12)20-13/h3-6,9-10H,7-8H2,1-2H3,(H,21,24)(H,22,25). The molecule has 0 saturated heterocycles. The number of nitrogens with zero attached hydrogens (tertiary/aromatic N) is 2. The lowest BCUT2D eigenvalue weighted by atomic mass is 10.2. The molecular weight excluding hydrogens is 380 g/mol. The second kappa shape index (κ2) is 8.38. The monoisotopic (exact) mass is 398 g/mol. The topological polar surface area (TPSA) is 136 Å². The van der Waals surface area contributed by atoms with Crippen molar-refractivity contribution in [1.82, 2.24) is 9.97 Å². The highest BCUT2D eigenvalue weighted by Gasteiger charge is 2.21. The van der Waals surface area contributed by atoms with Crippen LogP contribution in [0, 0.1) is 10.1 Å². The molecule has 29 heavy (non-hydrogen) atoms. The molecule has 150 valence electrons. The van der Waals surface area contributed by atoms with Gasteiger partial charge in [0.1, 0.15) is 11.4 Å². The van der Waals surface area contributed by atoms with Crippen LogP contribution in [-0.4, -0.2) is 35.0 Å². The summed E-state index contributed by atoms with van der Waals surface area (Å²) in [5.41, 5.74) is 0.676. The molecule has 2 aromatic carbocycles. The second-order valence-electron chi connectivity index (χ2n) is 6.06. The van der Waals surface area contributed by atoms with Crippen molar-refractivity contribution < 1.29 is 19.2 Å². The minimum atomic E-state index is -0.632. The van der Waals surface area contributed by atoms with Crippen LogP contribution < -0.4 is 20.3 Å². The quantitative estimate of drug-likeness (QED) is 0.461. The normalized spacial score (nSPS) is 10.6. The van der Waals surface area contributed by atoms with E-state index in [0.717, 1.165) is 0 Å². The van der Waals surface area contributed by atoms with E-state index in [1.807, 2.05) is 0 Å². The molecule has 1 amide bonds. The smallest absolute Gasteiger partial charge is 0.296 e. The molecular formula is C19H18N4O6. The first kappa shape index (κ1) is 19.8. The van der Waals surface area contributed by atoms with E-state index in [4.69, 9.17) is 9.47 Å². The number of H-pyrrole nitrogens is 1. The molecule has 1 aromatic heterocycles. The first-order valence-corrected chi connectivity index (χ1v) is 8.61. The number of rotatable bonds is 7. The van der Waals surface area contributed by atoms with E-state index < -0.39 is 10.8 Å². The fourth-order valence-corrected chi connectivity index (χ4v) is 2.80. The Morgan fingerprint density at radius 1 is 1.21 bits per heavy atom. The molecule has 0 radical (unpaired) electrons. The van der Waals surface area contributed by atoms with E-state index in [1.54, 1.807) is 24.3 Å². The number of para-hydroxylation sites is 2. The van der Waals surface area contributed by atoms with Gasteiger partial charge in [-0.3, -0.25) is 19.7 Å². The molecule has 0 aliphatic heterocycles. The van der Waals surface area contributed by atoms with E-state index in [-0.39, 0.29) is 47.0 Å². The molecule has 0 fully saturated rings. The number of fused-ring (bicyclic) bond motifs is 1. The highest BCUT2D eigenvalue weighted by atomic mass is 16.6. The largest absolute Gasteiger partial charge is 0.493 e. The average molecular weight is 398 g/mol. The molecule has 0 unspecified atom stereocenters. The van der Waals surface area contributed by atoms with Crippen LogP contribution in [0.4, 0.5) is 11.4 Å². The Bertz CT molecular complexity index is 1140. The maximum atomic E-state index is 12.3. The molecule has 2 N–H and O–H groups in total. The van der Waals surface area contributed by atoms with Crippen molar-refractivity contribution in [2.24, 2.45) is 0 Å². The Kier molecular flexibility index (Phi) is 5.72. The molecule has 0 atom stereocenters. The van der Waals surface area contributed by atoms with E-state index in [2.05, 4.69) is 15.3 Å². The minimum Gasteiger partial charge on any atom is -0.493 e. The van der Waals surface area contributed by atoms with Crippen molar-refractivity contribution in [3.05, 3.63) is 62.6 Å².